The van der Waals surface area contributed by atoms with Crippen LogP contribution in [0.5, 0.6) is 0 Å². The van der Waals surface area contributed by atoms with Crippen LogP contribution in [0.25, 0.3) is 0 Å². The SMILES string of the molecule is C[C@@H](CN)NS(=O)(=O)Cc1ccccc1C(F)(F)F. The number of hydrogen-bond acceptors (Lipinski definition) is 3. The standard InChI is InChI=1S/C11H15F3N2O2S/c1-8(6-15)16-19(17,18)7-9-4-2-3-5-10(9)11(12,13)14/h2-5,8,16H,6-7,15H2,1H3/t8-/m0/s1. The zero-order valence-electron chi connectivity index (χ0n) is 10.2. The molecule has 108 valence electrons. The van der Waals surface area contributed by atoms with Crippen LogP contribution in [0.15, 0.2) is 24.3 Å². The zero-order chi connectivity index (χ0) is 14.7. The minimum atomic E-state index is -4.58. The third kappa shape index (κ3) is 4.81. The highest BCUT2D eigenvalue weighted by Crippen LogP contribution is 2.32. The van der Waals surface area contributed by atoms with Crippen molar-refractivity contribution < 1.29 is 21.6 Å². The summed E-state index contributed by atoms with van der Waals surface area (Å²) in [6.07, 6.45) is -4.58. The Labute approximate surface area is 109 Å². The monoisotopic (exact) mass is 296 g/mol. The van der Waals surface area contributed by atoms with Gasteiger partial charge in [0.05, 0.1) is 11.3 Å². The van der Waals surface area contributed by atoms with E-state index in [-0.39, 0.29) is 12.1 Å². The Bertz CT molecular complexity index is 529. The van der Waals surface area contributed by atoms with Crippen molar-refractivity contribution in [1.29, 1.82) is 0 Å². The first kappa shape index (κ1) is 15.9. The van der Waals surface area contributed by atoms with Crippen molar-refractivity contribution in [3.63, 3.8) is 0 Å². The normalized spacial score (nSPS) is 14.4. The summed E-state index contributed by atoms with van der Waals surface area (Å²) in [6.45, 7) is 1.60. The zero-order valence-corrected chi connectivity index (χ0v) is 11.1. The maximum atomic E-state index is 12.7. The summed E-state index contributed by atoms with van der Waals surface area (Å²) in [5.74, 6) is -0.729. The largest absolute Gasteiger partial charge is 0.416 e. The summed E-state index contributed by atoms with van der Waals surface area (Å²) < 4.78 is 63.8. The number of nitrogens with one attached hydrogen (secondary N) is 1. The minimum Gasteiger partial charge on any atom is -0.329 e. The van der Waals surface area contributed by atoms with Crippen LogP contribution in [0.4, 0.5) is 13.2 Å². The molecular formula is C11H15F3N2O2S. The van der Waals surface area contributed by atoms with E-state index in [2.05, 4.69) is 4.72 Å². The van der Waals surface area contributed by atoms with Crippen LogP contribution in [0.2, 0.25) is 0 Å². The Kier molecular flexibility index (Phi) is 4.94. The molecule has 3 N–H and O–H groups in total. The third-order valence-corrected chi connectivity index (χ3v) is 3.86. The van der Waals surface area contributed by atoms with Gasteiger partial charge in [-0.2, -0.15) is 13.2 Å². The van der Waals surface area contributed by atoms with E-state index in [1.54, 1.807) is 0 Å². The molecule has 19 heavy (non-hydrogen) atoms. The number of nitrogens with two attached hydrogens (primary N) is 1. The molecule has 0 heterocycles. The number of alkyl halides is 3. The summed E-state index contributed by atoms with van der Waals surface area (Å²) in [4.78, 5) is 0. The van der Waals surface area contributed by atoms with Gasteiger partial charge in [0.15, 0.2) is 0 Å². The number of halogens is 3. The van der Waals surface area contributed by atoms with E-state index in [0.717, 1.165) is 12.1 Å². The van der Waals surface area contributed by atoms with E-state index in [0.29, 0.717) is 0 Å². The first-order valence-electron chi connectivity index (χ1n) is 5.51. The first-order valence-corrected chi connectivity index (χ1v) is 7.16. The highest BCUT2D eigenvalue weighted by molar-refractivity contribution is 7.88. The predicted molar refractivity (Wildman–Crippen MR) is 65.7 cm³/mol. The van der Waals surface area contributed by atoms with Gasteiger partial charge in [0.25, 0.3) is 0 Å². The molecule has 0 amide bonds. The average molecular weight is 296 g/mol. The Morgan fingerprint density at radius 2 is 1.89 bits per heavy atom. The van der Waals surface area contributed by atoms with Gasteiger partial charge in [-0.15, -0.1) is 0 Å². The molecule has 0 aromatic heterocycles. The molecule has 1 atom stereocenters. The van der Waals surface area contributed by atoms with Gasteiger partial charge in [-0.05, 0) is 18.6 Å². The number of benzene rings is 1. The minimum absolute atomic E-state index is 0.0696. The summed E-state index contributed by atoms with van der Waals surface area (Å²) >= 11 is 0. The second kappa shape index (κ2) is 5.89. The molecule has 0 saturated heterocycles. The number of rotatable bonds is 5. The van der Waals surface area contributed by atoms with Gasteiger partial charge in [0.2, 0.25) is 10.0 Å². The molecule has 8 heteroatoms. The fourth-order valence-corrected chi connectivity index (χ4v) is 2.98. The fourth-order valence-electron chi connectivity index (χ4n) is 1.52. The summed E-state index contributed by atoms with van der Waals surface area (Å²) in [5.41, 5.74) is 4.04. The van der Waals surface area contributed by atoms with E-state index in [1.807, 2.05) is 0 Å². The Balaban J connectivity index is 3.00. The Morgan fingerprint density at radius 1 is 1.32 bits per heavy atom. The molecule has 0 bridgehead atoms. The molecule has 1 rings (SSSR count). The lowest BCUT2D eigenvalue weighted by molar-refractivity contribution is -0.138. The molecule has 4 nitrogen and oxygen atoms in total. The molecule has 0 spiro atoms. The molecule has 0 aliphatic carbocycles. The molecule has 0 unspecified atom stereocenters. The van der Waals surface area contributed by atoms with Gasteiger partial charge in [-0.25, -0.2) is 13.1 Å². The Hall–Kier alpha value is -1.12. The van der Waals surface area contributed by atoms with Crippen LogP contribution in [0.3, 0.4) is 0 Å². The van der Waals surface area contributed by atoms with E-state index >= 15 is 0 Å². The topological polar surface area (TPSA) is 72.2 Å². The molecule has 0 aliphatic rings. The quantitative estimate of drug-likeness (QED) is 0.864. The van der Waals surface area contributed by atoms with Crippen molar-refractivity contribution in [2.75, 3.05) is 6.54 Å². The maximum Gasteiger partial charge on any atom is 0.416 e. The van der Waals surface area contributed by atoms with Gasteiger partial charge in [-0.3, -0.25) is 0 Å². The van der Waals surface area contributed by atoms with E-state index in [4.69, 9.17) is 5.73 Å². The van der Waals surface area contributed by atoms with Gasteiger partial charge in [0, 0.05) is 12.6 Å². The van der Waals surface area contributed by atoms with Gasteiger partial charge in [-0.1, -0.05) is 18.2 Å². The second-order valence-corrected chi connectivity index (χ2v) is 5.92. The molecule has 0 saturated carbocycles. The number of sulfonamides is 1. The van der Waals surface area contributed by atoms with E-state index in [9.17, 15) is 21.6 Å². The van der Waals surface area contributed by atoms with Crippen molar-refractivity contribution in [1.82, 2.24) is 4.72 Å². The van der Waals surface area contributed by atoms with Crippen LogP contribution in [-0.2, 0) is 22.0 Å². The molecule has 0 radical (unpaired) electrons. The van der Waals surface area contributed by atoms with Crippen LogP contribution in [0, 0.1) is 0 Å². The smallest absolute Gasteiger partial charge is 0.329 e. The molecular weight excluding hydrogens is 281 g/mol. The first-order chi connectivity index (χ1) is 8.65. The van der Waals surface area contributed by atoms with Gasteiger partial charge >= 0.3 is 6.18 Å². The molecule has 1 aromatic carbocycles. The van der Waals surface area contributed by atoms with Crippen molar-refractivity contribution in [3.05, 3.63) is 35.4 Å². The molecule has 0 aliphatic heterocycles. The Morgan fingerprint density at radius 3 is 2.42 bits per heavy atom. The van der Waals surface area contributed by atoms with Gasteiger partial charge < -0.3 is 5.73 Å². The van der Waals surface area contributed by atoms with Crippen LogP contribution in [-0.4, -0.2) is 21.0 Å². The van der Waals surface area contributed by atoms with Crippen LogP contribution in [0.1, 0.15) is 18.1 Å². The highest BCUT2D eigenvalue weighted by atomic mass is 32.2. The molecule has 0 fully saturated rings. The second-order valence-electron chi connectivity index (χ2n) is 4.17. The third-order valence-electron chi connectivity index (χ3n) is 2.40. The maximum absolute atomic E-state index is 12.7. The van der Waals surface area contributed by atoms with Crippen LogP contribution >= 0.6 is 0 Å². The lowest BCUT2D eigenvalue weighted by atomic mass is 10.1. The summed E-state index contributed by atoms with van der Waals surface area (Å²) in [6, 6.07) is 4.07. The lowest BCUT2D eigenvalue weighted by Crippen LogP contribution is -2.38. The highest BCUT2D eigenvalue weighted by Gasteiger charge is 2.34. The van der Waals surface area contributed by atoms with E-state index in [1.165, 1.54) is 19.1 Å². The van der Waals surface area contributed by atoms with Crippen LogP contribution < -0.4 is 10.5 Å². The summed E-state index contributed by atoms with van der Waals surface area (Å²) in [7, 11) is -3.86. The number of hydrogen-bond donors (Lipinski definition) is 2. The summed E-state index contributed by atoms with van der Waals surface area (Å²) in [5, 5.41) is 0. The molecule has 1 aromatic rings. The lowest BCUT2D eigenvalue weighted by Gasteiger charge is -2.15. The fraction of sp³-hybridized carbons (Fsp3) is 0.455. The predicted octanol–water partition coefficient (Wildman–Crippen LogP) is 1.47. The average Bonchev–Trinajstić information content (AvgIpc) is 2.26. The van der Waals surface area contributed by atoms with Crippen molar-refractivity contribution in [3.8, 4) is 0 Å². The van der Waals surface area contributed by atoms with E-state index < -0.39 is 33.6 Å². The van der Waals surface area contributed by atoms with Crippen molar-refractivity contribution in [2.24, 2.45) is 5.73 Å². The van der Waals surface area contributed by atoms with Crippen molar-refractivity contribution >= 4 is 10.0 Å². The van der Waals surface area contributed by atoms with Crippen molar-refractivity contribution in [2.45, 2.75) is 24.9 Å². The van der Waals surface area contributed by atoms with Gasteiger partial charge in [0.1, 0.15) is 0 Å².